The van der Waals surface area contributed by atoms with Gasteiger partial charge in [-0.3, -0.25) is 9.35 Å². The van der Waals surface area contributed by atoms with Gasteiger partial charge in [-0.15, -0.1) is 0 Å². The zero-order valence-electron chi connectivity index (χ0n) is 10.7. The molecule has 7 heteroatoms. The van der Waals surface area contributed by atoms with Crippen LogP contribution in [0.2, 0.25) is 0 Å². The molecule has 0 heterocycles. The Morgan fingerprint density at radius 2 is 2.13 bits per heavy atom. The van der Waals surface area contributed by atoms with Crippen LogP contribution in [0.3, 0.4) is 0 Å². The first-order valence-electron chi connectivity index (χ1n) is 5.47. The summed E-state index contributed by atoms with van der Waals surface area (Å²) in [5.74, 6) is -1.62. The quantitative estimate of drug-likeness (QED) is 0.423. The average Bonchev–Trinajstić information content (AvgIpc) is 2.12. The maximum atomic E-state index is 11.4. The fourth-order valence-corrected chi connectivity index (χ4v) is 1.08. The van der Waals surface area contributed by atoms with E-state index >= 15 is 0 Å². The maximum Gasteiger partial charge on any atom is 0.264 e. The van der Waals surface area contributed by atoms with Crippen molar-refractivity contribution < 1.29 is 20.5 Å². The van der Waals surface area contributed by atoms with Gasteiger partial charge in [-0.1, -0.05) is 13.8 Å². The minimum Gasteiger partial charge on any atom is -0.355 e. The first kappa shape index (κ1) is 10.8. The van der Waals surface area contributed by atoms with Crippen molar-refractivity contribution >= 4 is 16.0 Å². The number of carbonyl (C=O) groups excluding carboxylic acids is 1. The minimum absolute atomic E-state index is 0.160. The third kappa shape index (κ3) is 7.29. The summed E-state index contributed by atoms with van der Waals surface area (Å²) in [6, 6.07) is -0.865. The van der Waals surface area contributed by atoms with Crippen molar-refractivity contribution in [2.75, 3.05) is 12.2 Å². The molecule has 15 heavy (non-hydrogen) atoms. The van der Waals surface area contributed by atoms with E-state index < -0.39 is 40.7 Å². The number of nitrogens with one attached hydrogen (secondary N) is 1. The highest BCUT2D eigenvalue weighted by atomic mass is 32.2. The number of hydrogen-bond acceptors (Lipinski definition) is 4. The van der Waals surface area contributed by atoms with E-state index in [1.54, 1.807) is 13.8 Å². The monoisotopic (exact) mass is 241 g/mol. The van der Waals surface area contributed by atoms with Crippen molar-refractivity contribution in [1.29, 1.82) is 0 Å². The molecule has 1 atom stereocenters. The Morgan fingerprint density at radius 1 is 1.60 bits per heavy atom. The van der Waals surface area contributed by atoms with E-state index in [1.807, 2.05) is 5.32 Å². The van der Waals surface area contributed by atoms with Crippen LogP contribution in [0.4, 0.5) is 0 Å². The largest absolute Gasteiger partial charge is 0.355 e. The van der Waals surface area contributed by atoms with Gasteiger partial charge in [0.05, 0.1) is 11.8 Å². The first-order valence-corrected chi connectivity index (χ1v) is 6.08. The predicted molar refractivity (Wildman–Crippen MR) is 56.9 cm³/mol. The van der Waals surface area contributed by atoms with Crippen molar-refractivity contribution in [3.8, 4) is 0 Å². The molecule has 0 rings (SSSR count). The highest BCUT2D eigenvalue weighted by Crippen LogP contribution is 1.97. The summed E-state index contributed by atoms with van der Waals surface area (Å²) in [6.07, 6.45) is -0.539. The second-order valence-electron chi connectivity index (χ2n) is 3.47. The van der Waals surface area contributed by atoms with Crippen LogP contribution in [0.25, 0.3) is 0 Å². The van der Waals surface area contributed by atoms with Crippen molar-refractivity contribution in [3.63, 3.8) is 0 Å². The molecule has 0 fully saturated rings. The number of nitrogens with two attached hydrogens (primary N) is 1. The Morgan fingerprint density at radius 3 is 2.53 bits per heavy atom. The predicted octanol–water partition coefficient (Wildman–Crippen LogP) is -0.636. The van der Waals surface area contributed by atoms with E-state index in [1.165, 1.54) is 0 Å². The second-order valence-corrected chi connectivity index (χ2v) is 5.04. The van der Waals surface area contributed by atoms with Gasteiger partial charge >= 0.3 is 0 Å². The third-order valence-corrected chi connectivity index (χ3v) is 2.44. The molecule has 0 aromatic rings. The van der Waals surface area contributed by atoms with Gasteiger partial charge in [-0.2, -0.15) is 8.42 Å². The molecular formula is C8H18N2O4S. The summed E-state index contributed by atoms with van der Waals surface area (Å²) in [4.78, 5) is 11.4. The Kier molecular flexibility index (Phi) is 4.37. The summed E-state index contributed by atoms with van der Waals surface area (Å²) in [5.41, 5.74) is 5.50. The Bertz CT molecular complexity index is 370. The molecule has 0 spiro atoms. The number of hydrogen-bond donors (Lipinski definition) is 3. The van der Waals surface area contributed by atoms with Gasteiger partial charge in [0.15, 0.2) is 0 Å². The smallest absolute Gasteiger partial charge is 0.264 e. The molecule has 0 bridgehead atoms. The van der Waals surface area contributed by atoms with Gasteiger partial charge < -0.3 is 11.1 Å². The third-order valence-electron chi connectivity index (χ3n) is 1.72. The van der Waals surface area contributed by atoms with E-state index in [9.17, 15) is 13.2 Å². The molecule has 0 aromatic heterocycles. The van der Waals surface area contributed by atoms with Crippen LogP contribution in [0.1, 0.15) is 23.0 Å². The van der Waals surface area contributed by atoms with E-state index in [0.717, 1.165) is 0 Å². The van der Waals surface area contributed by atoms with Crippen molar-refractivity contribution in [2.45, 2.75) is 26.3 Å². The molecular weight excluding hydrogens is 221 g/mol. The van der Waals surface area contributed by atoms with Crippen molar-refractivity contribution in [2.24, 2.45) is 11.7 Å². The van der Waals surface area contributed by atoms with Gasteiger partial charge in [-0.25, -0.2) is 0 Å². The minimum atomic E-state index is -4.25. The van der Waals surface area contributed by atoms with Gasteiger partial charge in [-0.05, 0) is 12.3 Å². The molecule has 0 aliphatic heterocycles. The fraction of sp³-hybridized carbons (Fsp3) is 0.875. The Balaban J connectivity index is 4.40. The normalized spacial score (nSPS) is 16.9. The van der Waals surface area contributed by atoms with Crippen LogP contribution in [0.15, 0.2) is 0 Å². The molecule has 0 radical (unpaired) electrons. The lowest BCUT2D eigenvalue weighted by atomic mass is 10.1. The summed E-state index contributed by atoms with van der Waals surface area (Å²) >= 11 is 0. The number of amides is 1. The summed E-state index contributed by atoms with van der Waals surface area (Å²) in [6.45, 7) is 1.19. The Labute approximate surface area is 92.8 Å². The molecule has 0 saturated heterocycles. The first-order chi connectivity index (χ1) is 7.44. The summed E-state index contributed by atoms with van der Waals surface area (Å²) in [7, 11) is -4.25. The van der Waals surface area contributed by atoms with Crippen LogP contribution in [-0.4, -0.2) is 37.2 Å². The lowest BCUT2D eigenvalue weighted by molar-refractivity contribution is -0.123. The Hall–Kier alpha value is -0.660. The molecule has 0 unspecified atom stereocenters. The molecule has 0 aliphatic rings. The van der Waals surface area contributed by atoms with Crippen LogP contribution in [0, 0.1) is 5.92 Å². The van der Waals surface area contributed by atoms with Gasteiger partial charge in [0.25, 0.3) is 10.1 Å². The molecule has 6 nitrogen and oxygen atoms in total. The highest BCUT2D eigenvalue weighted by molar-refractivity contribution is 7.85. The fourth-order valence-electron chi connectivity index (χ4n) is 0.716. The lowest BCUT2D eigenvalue weighted by Gasteiger charge is -2.14. The van der Waals surface area contributed by atoms with E-state index in [2.05, 4.69) is 0 Å². The zero-order chi connectivity index (χ0) is 13.9. The molecule has 4 N–H and O–H groups in total. The van der Waals surface area contributed by atoms with E-state index in [4.69, 9.17) is 13.0 Å². The number of carbonyl (C=O) groups is 1. The standard InChI is InChI=1S/C8H18N2O4S/c1-6(2)7(9)8(11)10-4-3-5-15(12,13)14/h6-7H,3-5,9H2,1-2H3,(H,10,11)(H,12,13,14)/t7-/m0/s1/i4D2,8+1. The molecule has 0 aromatic carbocycles. The van der Waals surface area contributed by atoms with Crippen molar-refractivity contribution in [1.82, 2.24) is 5.32 Å². The second kappa shape index (κ2) is 6.04. The van der Waals surface area contributed by atoms with Crippen LogP contribution in [-0.2, 0) is 14.9 Å². The van der Waals surface area contributed by atoms with Crippen LogP contribution < -0.4 is 11.1 Å². The van der Waals surface area contributed by atoms with Crippen molar-refractivity contribution in [3.05, 3.63) is 0 Å². The van der Waals surface area contributed by atoms with Crippen LogP contribution in [0.5, 0.6) is 0 Å². The van der Waals surface area contributed by atoms with Crippen LogP contribution >= 0.6 is 0 Å². The SMILES string of the molecule is [2H]C([2H])(CCS(=O)(=O)O)N[13C](=O)[C@@H](N)C(C)C. The molecule has 1 amide bonds. The van der Waals surface area contributed by atoms with Gasteiger partial charge in [0.1, 0.15) is 0 Å². The van der Waals surface area contributed by atoms with E-state index in [-0.39, 0.29) is 5.92 Å². The average molecular weight is 241 g/mol. The summed E-state index contributed by atoms with van der Waals surface area (Å²) in [5, 5.41) is 2.00. The van der Waals surface area contributed by atoms with Gasteiger partial charge in [0, 0.05) is 9.24 Å². The molecule has 90 valence electrons. The van der Waals surface area contributed by atoms with E-state index in [0.29, 0.717) is 0 Å². The van der Waals surface area contributed by atoms with Gasteiger partial charge in [0.2, 0.25) is 5.91 Å². The topological polar surface area (TPSA) is 109 Å². The number of rotatable bonds is 6. The molecule has 0 saturated carbocycles. The highest BCUT2D eigenvalue weighted by Gasteiger charge is 2.16. The lowest BCUT2D eigenvalue weighted by Crippen LogP contribution is -2.44. The zero-order valence-corrected chi connectivity index (χ0v) is 9.54. The summed E-state index contributed by atoms with van der Waals surface area (Å²) < 4.78 is 44.1. The molecule has 0 aliphatic carbocycles. The maximum absolute atomic E-state index is 11.4.